The van der Waals surface area contributed by atoms with Crippen molar-refractivity contribution in [3.05, 3.63) is 0 Å². The zero-order chi connectivity index (χ0) is 7.98. The molecule has 0 bridgehead atoms. The molecule has 3 N–H and O–H groups in total. The quantitative estimate of drug-likeness (QED) is 0.331. The third-order valence-electron chi connectivity index (χ3n) is 0.733. The summed E-state index contributed by atoms with van der Waals surface area (Å²) in [6, 6.07) is 0. The Morgan fingerprint density at radius 2 is 2.40 bits per heavy atom. The van der Waals surface area contributed by atoms with Crippen molar-refractivity contribution >= 4 is 5.97 Å². The number of ether oxygens (including phenoxy) is 1. The molecule has 5 heteroatoms. The number of rotatable bonds is 4. The van der Waals surface area contributed by atoms with Gasteiger partial charge in [0.2, 0.25) is 6.29 Å². The Morgan fingerprint density at radius 1 is 1.80 bits per heavy atom. The Kier molecular flexibility index (Phi) is 4.82. The van der Waals surface area contributed by atoms with Crippen LogP contribution < -0.4 is 5.32 Å². The largest absolute Gasteiger partial charge is 0.435 e. The van der Waals surface area contributed by atoms with Crippen LogP contribution in [0.1, 0.15) is 6.92 Å². The molecular formula is C5H11NO4. The van der Waals surface area contributed by atoms with Gasteiger partial charge in [-0.1, -0.05) is 0 Å². The van der Waals surface area contributed by atoms with Gasteiger partial charge >= 0.3 is 5.97 Å². The fraction of sp³-hybridized carbons (Fsp3) is 0.800. The number of nitrogens with one attached hydrogen (secondary N) is 1. The lowest BCUT2D eigenvalue weighted by Crippen LogP contribution is -2.30. The number of hydrogen-bond acceptors (Lipinski definition) is 5. The summed E-state index contributed by atoms with van der Waals surface area (Å²) < 4.78 is 4.30. The van der Waals surface area contributed by atoms with E-state index < -0.39 is 12.3 Å². The molecule has 60 valence electrons. The maximum atomic E-state index is 10.1. The van der Waals surface area contributed by atoms with Crippen LogP contribution in [0.3, 0.4) is 0 Å². The molecule has 0 aromatic carbocycles. The third kappa shape index (κ3) is 5.49. The number of aliphatic hydroxyl groups excluding tert-OH is 2. The summed E-state index contributed by atoms with van der Waals surface area (Å²) in [4.78, 5) is 10.1. The van der Waals surface area contributed by atoms with Crippen molar-refractivity contribution in [2.45, 2.75) is 13.2 Å². The molecule has 0 heterocycles. The molecule has 0 aliphatic carbocycles. The van der Waals surface area contributed by atoms with Gasteiger partial charge in [-0.2, -0.15) is 0 Å². The normalized spacial score (nSPS) is 12.7. The van der Waals surface area contributed by atoms with Crippen molar-refractivity contribution in [2.24, 2.45) is 0 Å². The van der Waals surface area contributed by atoms with Gasteiger partial charge in [-0.3, -0.25) is 10.1 Å². The molecule has 10 heavy (non-hydrogen) atoms. The fourth-order valence-corrected chi connectivity index (χ4v) is 0.421. The first-order chi connectivity index (χ1) is 4.66. The van der Waals surface area contributed by atoms with Crippen LogP contribution in [0, 0.1) is 0 Å². The van der Waals surface area contributed by atoms with Crippen LogP contribution in [0.15, 0.2) is 0 Å². The summed E-state index contributed by atoms with van der Waals surface area (Å²) in [6.07, 6.45) is -1.18. The van der Waals surface area contributed by atoms with E-state index in [1.54, 1.807) is 0 Å². The Hall–Kier alpha value is -0.650. The predicted octanol–water partition coefficient (Wildman–Crippen LogP) is -1.59. The minimum absolute atomic E-state index is 0.0378. The zero-order valence-electron chi connectivity index (χ0n) is 5.70. The fourth-order valence-electron chi connectivity index (χ4n) is 0.421. The van der Waals surface area contributed by atoms with Gasteiger partial charge in [0.15, 0.2) is 0 Å². The zero-order valence-corrected chi connectivity index (χ0v) is 5.70. The van der Waals surface area contributed by atoms with Gasteiger partial charge in [0.05, 0.1) is 13.3 Å². The topological polar surface area (TPSA) is 78.8 Å². The molecule has 5 nitrogen and oxygen atoms in total. The second-order valence-electron chi connectivity index (χ2n) is 1.68. The maximum absolute atomic E-state index is 10.1. The third-order valence-corrected chi connectivity index (χ3v) is 0.733. The summed E-state index contributed by atoms with van der Waals surface area (Å²) in [5, 5.41) is 19.3. The summed E-state index contributed by atoms with van der Waals surface area (Å²) >= 11 is 0. The first-order valence-electron chi connectivity index (χ1n) is 2.83. The Labute approximate surface area is 58.6 Å². The van der Waals surface area contributed by atoms with Crippen LogP contribution in [0.2, 0.25) is 0 Å². The van der Waals surface area contributed by atoms with Crippen LogP contribution in [-0.4, -0.2) is 35.7 Å². The number of carbonyl (C=O) groups is 1. The van der Waals surface area contributed by atoms with Crippen molar-refractivity contribution in [1.29, 1.82) is 0 Å². The van der Waals surface area contributed by atoms with Crippen molar-refractivity contribution in [1.82, 2.24) is 5.32 Å². The average Bonchev–Trinajstić information content (AvgIpc) is 1.82. The monoisotopic (exact) mass is 149 g/mol. The molecule has 1 unspecified atom stereocenters. The molecule has 0 spiro atoms. The lowest BCUT2D eigenvalue weighted by atomic mass is 10.6. The van der Waals surface area contributed by atoms with Crippen LogP contribution in [0.5, 0.6) is 0 Å². The van der Waals surface area contributed by atoms with Crippen LogP contribution >= 0.6 is 0 Å². The van der Waals surface area contributed by atoms with Gasteiger partial charge < -0.3 is 14.9 Å². The van der Waals surface area contributed by atoms with Gasteiger partial charge in [-0.25, -0.2) is 0 Å². The average molecular weight is 149 g/mol. The van der Waals surface area contributed by atoms with E-state index in [4.69, 9.17) is 10.2 Å². The molecule has 0 aromatic rings. The Bertz CT molecular complexity index is 106. The van der Waals surface area contributed by atoms with Crippen molar-refractivity contribution in [2.75, 3.05) is 13.3 Å². The molecule has 0 radical (unpaired) electrons. The van der Waals surface area contributed by atoms with E-state index in [-0.39, 0.29) is 13.3 Å². The molecule has 0 fully saturated rings. The van der Waals surface area contributed by atoms with Crippen molar-refractivity contribution in [3.8, 4) is 0 Å². The highest BCUT2D eigenvalue weighted by Crippen LogP contribution is 1.84. The molecule has 0 saturated heterocycles. The SMILES string of the molecule is CC(=O)OC(O)CNCO. The standard InChI is InChI=1S/C5H11NO4/c1-4(8)10-5(9)2-6-3-7/h5-7,9H,2-3H2,1H3. The van der Waals surface area contributed by atoms with Gasteiger partial charge in [0.1, 0.15) is 0 Å². The smallest absolute Gasteiger partial charge is 0.304 e. The minimum atomic E-state index is -1.18. The van der Waals surface area contributed by atoms with Gasteiger partial charge in [-0.15, -0.1) is 0 Å². The van der Waals surface area contributed by atoms with E-state index in [2.05, 4.69) is 10.1 Å². The van der Waals surface area contributed by atoms with E-state index in [0.29, 0.717) is 0 Å². The summed E-state index contributed by atoms with van der Waals surface area (Å²) in [5.41, 5.74) is 0. The molecular weight excluding hydrogens is 138 g/mol. The summed E-state index contributed by atoms with van der Waals surface area (Å²) in [7, 11) is 0. The highest BCUT2D eigenvalue weighted by atomic mass is 16.6. The number of aliphatic hydroxyl groups is 2. The molecule has 0 aromatic heterocycles. The van der Waals surface area contributed by atoms with Crippen LogP contribution in [0.4, 0.5) is 0 Å². The lowest BCUT2D eigenvalue weighted by Gasteiger charge is -2.09. The summed E-state index contributed by atoms with van der Waals surface area (Å²) in [6.45, 7) is 0.983. The van der Waals surface area contributed by atoms with Crippen molar-refractivity contribution in [3.63, 3.8) is 0 Å². The van der Waals surface area contributed by atoms with Gasteiger partial charge in [0, 0.05) is 6.92 Å². The molecule has 0 amide bonds. The predicted molar refractivity (Wildman–Crippen MR) is 32.9 cm³/mol. The maximum Gasteiger partial charge on any atom is 0.304 e. The van der Waals surface area contributed by atoms with E-state index in [9.17, 15) is 4.79 Å². The van der Waals surface area contributed by atoms with E-state index in [1.807, 2.05) is 0 Å². The van der Waals surface area contributed by atoms with Crippen LogP contribution in [0.25, 0.3) is 0 Å². The lowest BCUT2D eigenvalue weighted by molar-refractivity contribution is -0.164. The second-order valence-corrected chi connectivity index (χ2v) is 1.68. The highest BCUT2D eigenvalue weighted by molar-refractivity contribution is 5.66. The summed E-state index contributed by atoms with van der Waals surface area (Å²) in [5.74, 6) is -0.549. The highest BCUT2D eigenvalue weighted by Gasteiger charge is 2.04. The number of carbonyl (C=O) groups excluding carboxylic acids is 1. The molecule has 0 rings (SSSR count). The van der Waals surface area contributed by atoms with Crippen LogP contribution in [-0.2, 0) is 9.53 Å². The van der Waals surface area contributed by atoms with Gasteiger partial charge in [-0.05, 0) is 0 Å². The Balaban J connectivity index is 3.25. The second kappa shape index (κ2) is 5.16. The van der Waals surface area contributed by atoms with E-state index in [0.717, 1.165) is 0 Å². The van der Waals surface area contributed by atoms with Gasteiger partial charge in [0.25, 0.3) is 0 Å². The van der Waals surface area contributed by atoms with Crippen molar-refractivity contribution < 1.29 is 19.7 Å². The molecule has 0 aliphatic rings. The molecule has 0 aliphatic heterocycles. The first kappa shape index (κ1) is 9.35. The van der Waals surface area contributed by atoms with E-state index >= 15 is 0 Å². The minimum Gasteiger partial charge on any atom is -0.435 e. The number of hydrogen-bond donors (Lipinski definition) is 3. The molecule has 0 saturated carbocycles. The van der Waals surface area contributed by atoms with E-state index in [1.165, 1.54) is 6.92 Å². The first-order valence-corrected chi connectivity index (χ1v) is 2.83. The molecule has 1 atom stereocenters. The number of esters is 1. The Morgan fingerprint density at radius 3 is 2.80 bits per heavy atom.